The first-order valence-corrected chi connectivity index (χ1v) is 6.82. The molecule has 108 valence electrons. The van der Waals surface area contributed by atoms with Crippen molar-refractivity contribution in [3.8, 4) is 11.3 Å². The van der Waals surface area contributed by atoms with Crippen molar-refractivity contribution in [3.05, 3.63) is 36.5 Å². The number of hydrogen-bond acceptors (Lipinski definition) is 5. The fourth-order valence-electron chi connectivity index (χ4n) is 2.28. The number of nitrogens with two attached hydrogens (primary N) is 1. The molecule has 0 amide bonds. The molecule has 5 N–H and O–H groups in total. The molecule has 3 rings (SSSR count). The zero-order valence-electron chi connectivity index (χ0n) is 11.5. The molecule has 0 saturated heterocycles. The molecule has 0 spiro atoms. The van der Waals surface area contributed by atoms with Crippen LogP contribution >= 0.6 is 0 Å². The third-order valence-electron chi connectivity index (χ3n) is 3.29. The van der Waals surface area contributed by atoms with Gasteiger partial charge in [0.25, 0.3) is 0 Å². The molecule has 2 aromatic heterocycles. The van der Waals surface area contributed by atoms with Gasteiger partial charge in [0, 0.05) is 42.1 Å². The minimum absolute atomic E-state index is 0.162. The van der Waals surface area contributed by atoms with Crippen LogP contribution in [-0.4, -0.2) is 33.4 Å². The summed E-state index contributed by atoms with van der Waals surface area (Å²) in [5.74, 6) is 0.468. The van der Waals surface area contributed by atoms with Crippen LogP contribution in [0.1, 0.15) is 6.42 Å². The van der Waals surface area contributed by atoms with Gasteiger partial charge in [-0.2, -0.15) is 5.10 Å². The van der Waals surface area contributed by atoms with Crippen LogP contribution in [0.5, 0.6) is 0 Å². The van der Waals surface area contributed by atoms with Crippen molar-refractivity contribution in [2.24, 2.45) is 0 Å². The summed E-state index contributed by atoms with van der Waals surface area (Å²) in [5, 5.41) is 20.1. The second-order valence-electron chi connectivity index (χ2n) is 4.80. The first kappa shape index (κ1) is 13.4. The van der Waals surface area contributed by atoms with E-state index in [0.717, 1.165) is 27.8 Å². The highest BCUT2D eigenvalue weighted by atomic mass is 16.3. The maximum Gasteiger partial charge on any atom is 0.126 e. The summed E-state index contributed by atoms with van der Waals surface area (Å²) in [6.07, 6.45) is 2.41. The molecule has 1 aromatic carbocycles. The number of nitrogen functional groups attached to an aromatic ring is 1. The predicted octanol–water partition coefficient (Wildman–Crippen LogP) is 2.00. The fourth-order valence-corrected chi connectivity index (χ4v) is 2.28. The van der Waals surface area contributed by atoms with Gasteiger partial charge in [0.05, 0.1) is 11.2 Å². The third kappa shape index (κ3) is 2.80. The number of fused-ring (bicyclic) bond motifs is 1. The zero-order valence-corrected chi connectivity index (χ0v) is 11.5. The van der Waals surface area contributed by atoms with E-state index in [-0.39, 0.29) is 6.61 Å². The predicted molar refractivity (Wildman–Crippen MR) is 83.9 cm³/mol. The lowest BCUT2D eigenvalue weighted by Crippen LogP contribution is -2.05. The van der Waals surface area contributed by atoms with Gasteiger partial charge < -0.3 is 16.2 Å². The van der Waals surface area contributed by atoms with Gasteiger partial charge in [0.1, 0.15) is 5.82 Å². The Kier molecular flexibility index (Phi) is 3.70. The van der Waals surface area contributed by atoms with Gasteiger partial charge in [-0.15, -0.1) is 0 Å². The topological polar surface area (TPSA) is 99.9 Å². The lowest BCUT2D eigenvalue weighted by atomic mass is 10.1. The average Bonchev–Trinajstić information content (AvgIpc) is 3.01. The fraction of sp³-hybridized carbons (Fsp3) is 0.200. The van der Waals surface area contributed by atoms with Crippen LogP contribution in [0.4, 0.5) is 11.5 Å². The number of pyridine rings is 1. The van der Waals surface area contributed by atoms with Crippen LogP contribution in [0.25, 0.3) is 22.2 Å². The molecule has 6 nitrogen and oxygen atoms in total. The Labute approximate surface area is 122 Å². The molecule has 0 aliphatic rings. The molecule has 0 radical (unpaired) electrons. The lowest BCUT2D eigenvalue weighted by molar-refractivity contribution is 0.292. The van der Waals surface area contributed by atoms with Crippen molar-refractivity contribution >= 4 is 22.4 Å². The number of H-pyrrole nitrogens is 1. The van der Waals surface area contributed by atoms with Crippen LogP contribution in [-0.2, 0) is 0 Å². The molecule has 0 fully saturated rings. The molecule has 0 atom stereocenters. The molecular weight excluding hydrogens is 266 g/mol. The maximum absolute atomic E-state index is 8.87. The van der Waals surface area contributed by atoms with Crippen LogP contribution < -0.4 is 11.1 Å². The highest BCUT2D eigenvalue weighted by molar-refractivity contribution is 5.95. The van der Waals surface area contributed by atoms with Crippen molar-refractivity contribution in [2.75, 3.05) is 24.2 Å². The first-order valence-electron chi connectivity index (χ1n) is 6.82. The number of rotatable bonds is 5. The van der Waals surface area contributed by atoms with Crippen molar-refractivity contribution in [3.63, 3.8) is 0 Å². The molecule has 0 aliphatic carbocycles. The molecule has 0 saturated carbocycles. The van der Waals surface area contributed by atoms with Crippen molar-refractivity contribution < 1.29 is 5.11 Å². The second-order valence-corrected chi connectivity index (χ2v) is 4.80. The van der Waals surface area contributed by atoms with Crippen LogP contribution in [0.15, 0.2) is 36.5 Å². The summed E-state index contributed by atoms with van der Waals surface area (Å²) < 4.78 is 0. The van der Waals surface area contributed by atoms with Crippen LogP contribution in [0.2, 0.25) is 0 Å². The number of aliphatic hydroxyl groups is 1. The molecule has 3 aromatic rings. The summed E-state index contributed by atoms with van der Waals surface area (Å²) in [6.45, 7) is 0.854. The number of hydrogen-bond donors (Lipinski definition) is 4. The summed E-state index contributed by atoms with van der Waals surface area (Å²) in [5.41, 5.74) is 9.59. The number of benzene rings is 1. The molecule has 6 heteroatoms. The Morgan fingerprint density at radius 3 is 2.90 bits per heavy atom. The number of aromatic amines is 1. The largest absolute Gasteiger partial charge is 0.396 e. The monoisotopic (exact) mass is 283 g/mol. The maximum atomic E-state index is 8.87. The lowest BCUT2D eigenvalue weighted by Gasteiger charge is -2.11. The molecule has 0 unspecified atom stereocenters. The van der Waals surface area contributed by atoms with Gasteiger partial charge in [0.2, 0.25) is 0 Å². The Hall–Kier alpha value is -2.60. The van der Waals surface area contributed by atoms with E-state index in [1.54, 1.807) is 6.20 Å². The van der Waals surface area contributed by atoms with E-state index in [1.165, 1.54) is 0 Å². The molecular formula is C15H17N5O. The third-order valence-corrected chi connectivity index (χ3v) is 3.29. The normalized spacial score (nSPS) is 10.9. The standard InChI is InChI=1S/C15H17N5O/c16-15-9-13(17-5-1-7-21)11-3-2-10(8-14(11)19-15)12-4-6-18-20-12/h2-4,6,8-9,21H,1,5,7H2,(H,18,20)(H3,16,17,19). The number of nitrogens with zero attached hydrogens (tertiary/aromatic N) is 2. The van der Waals surface area contributed by atoms with Gasteiger partial charge in [-0.25, -0.2) is 4.98 Å². The Morgan fingerprint density at radius 2 is 2.14 bits per heavy atom. The average molecular weight is 283 g/mol. The molecule has 21 heavy (non-hydrogen) atoms. The minimum atomic E-state index is 0.162. The molecule has 2 heterocycles. The Bertz CT molecular complexity index is 739. The van der Waals surface area contributed by atoms with E-state index in [9.17, 15) is 0 Å². The zero-order chi connectivity index (χ0) is 14.7. The Balaban J connectivity index is 2.01. The van der Waals surface area contributed by atoms with Crippen LogP contribution in [0, 0.1) is 0 Å². The van der Waals surface area contributed by atoms with Crippen molar-refractivity contribution in [1.82, 2.24) is 15.2 Å². The summed E-state index contributed by atoms with van der Waals surface area (Å²) in [4.78, 5) is 4.39. The van der Waals surface area contributed by atoms with Gasteiger partial charge in [-0.3, -0.25) is 5.10 Å². The SMILES string of the molecule is Nc1cc(NCCCO)c2ccc(-c3ccn[nH]3)cc2n1. The van der Waals surface area contributed by atoms with Gasteiger partial charge >= 0.3 is 0 Å². The van der Waals surface area contributed by atoms with Crippen molar-refractivity contribution in [1.29, 1.82) is 0 Å². The van der Waals surface area contributed by atoms with Crippen LogP contribution in [0.3, 0.4) is 0 Å². The smallest absolute Gasteiger partial charge is 0.126 e. The number of aromatic nitrogens is 3. The Morgan fingerprint density at radius 1 is 1.24 bits per heavy atom. The minimum Gasteiger partial charge on any atom is -0.396 e. The van der Waals surface area contributed by atoms with E-state index in [2.05, 4.69) is 20.5 Å². The van der Waals surface area contributed by atoms with E-state index >= 15 is 0 Å². The summed E-state index contributed by atoms with van der Waals surface area (Å²) >= 11 is 0. The van der Waals surface area contributed by atoms with E-state index in [0.29, 0.717) is 18.8 Å². The highest BCUT2D eigenvalue weighted by Gasteiger charge is 2.07. The van der Waals surface area contributed by atoms with E-state index in [1.807, 2.05) is 30.3 Å². The van der Waals surface area contributed by atoms with E-state index < -0.39 is 0 Å². The van der Waals surface area contributed by atoms with E-state index in [4.69, 9.17) is 10.8 Å². The van der Waals surface area contributed by atoms with Gasteiger partial charge in [0.15, 0.2) is 0 Å². The quantitative estimate of drug-likeness (QED) is 0.537. The highest BCUT2D eigenvalue weighted by Crippen LogP contribution is 2.28. The first-order chi connectivity index (χ1) is 10.3. The molecule has 0 aliphatic heterocycles. The van der Waals surface area contributed by atoms with Crippen molar-refractivity contribution in [2.45, 2.75) is 6.42 Å². The summed E-state index contributed by atoms with van der Waals surface area (Å²) in [6, 6.07) is 9.74. The number of nitrogens with one attached hydrogen (secondary N) is 2. The number of anilines is 2. The summed E-state index contributed by atoms with van der Waals surface area (Å²) in [7, 11) is 0. The number of aliphatic hydroxyl groups excluding tert-OH is 1. The molecule has 0 bridgehead atoms. The van der Waals surface area contributed by atoms with Gasteiger partial charge in [-0.1, -0.05) is 12.1 Å². The second kappa shape index (κ2) is 5.80. The van der Waals surface area contributed by atoms with Gasteiger partial charge in [-0.05, 0) is 18.6 Å².